The third-order valence-electron chi connectivity index (χ3n) is 5.71. The summed E-state index contributed by atoms with van der Waals surface area (Å²) in [5.74, 6) is 1.28. The highest BCUT2D eigenvalue weighted by Gasteiger charge is 2.24. The first-order valence-electron chi connectivity index (χ1n) is 9.95. The Balaban J connectivity index is 1.33. The molecule has 29 heavy (non-hydrogen) atoms. The number of methoxy groups -OCH3 is 1. The standard InChI is InChI=1S/C23H26ClN3O2/c1-15-3-4-18(24)10-22(15)27-8-7-16(14-27)12-26-23(28)9-17-13-25-21-6-5-19(29-2)11-20(17)21/h3-6,10-11,13,16,25H,7-9,12,14H2,1-2H3,(H,26,28). The van der Waals surface area contributed by atoms with Crippen LogP contribution in [0.1, 0.15) is 17.5 Å². The Morgan fingerprint density at radius 1 is 1.31 bits per heavy atom. The molecule has 0 bridgehead atoms. The SMILES string of the molecule is COc1ccc2[nH]cc(CC(=O)NCC3CCN(c4cc(Cl)ccc4C)C3)c2c1. The van der Waals surface area contributed by atoms with Crippen LogP contribution in [-0.2, 0) is 11.2 Å². The highest BCUT2D eigenvalue weighted by atomic mass is 35.5. The lowest BCUT2D eigenvalue weighted by Crippen LogP contribution is -2.32. The Morgan fingerprint density at radius 3 is 3.00 bits per heavy atom. The quantitative estimate of drug-likeness (QED) is 0.635. The number of aromatic nitrogens is 1. The number of hydrogen-bond acceptors (Lipinski definition) is 3. The molecular formula is C23H26ClN3O2. The van der Waals surface area contributed by atoms with Crippen LogP contribution in [0.25, 0.3) is 10.9 Å². The molecule has 2 heterocycles. The molecule has 2 N–H and O–H groups in total. The van der Waals surface area contributed by atoms with Gasteiger partial charge in [0, 0.05) is 47.4 Å². The van der Waals surface area contributed by atoms with Gasteiger partial charge in [-0.3, -0.25) is 4.79 Å². The van der Waals surface area contributed by atoms with Crippen LogP contribution in [0.5, 0.6) is 5.75 Å². The maximum absolute atomic E-state index is 12.5. The van der Waals surface area contributed by atoms with Crippen molar-refractivity contribution in [3.63, 3.8) is 0 Å². The normalized spacial score (nSPS) is 16.4. The molecule has 5 nitrogen and oxygen atoms in total. The predicted octanol–water partition coefficient (Wildman–Crippen LogP) is 4.32. The summed E-state index contributed by atoms with van der Waals surface area (Å²) in [7, 11) is 1.65. The third-order valence-corrected chi connectivity index (χ3v) is 5.95. The van der Waals surface area contributed by atoms with Crippen molar-refractivity contribution >= 4 is 34.1 Å². The number of halogens is 1. The summed E-state index contributed by atoms with van der Waals surface area (Å²) in [5, 5.41) is 4.91. The summed E-state index contributed by atoms with van der Waals surface area (Å²) in [6, 6.07) is 11.9. The molecule has 0 aliphatic carbocycles. The maximum Gasteiger partial charge on any atom is 0.224 e. The van der Waals surface area contributed by atoms with Crippen LogP contribution in [0.15, 0.2) is 42.6 Å². The first-order valence-corrected chi connectivity index (χ1v) is 10.3. The third kappa shape index (κ3) is 4.35. The lowest BCUT2D eigenvalue weighted by Gasteiger charge is -2.21. The highest BCUT2D eigenvalue weighted by Crippen LogP contribution is 2.29. The molecule has 6 heteroatoms. The largest absolute Gasteiger partial charge is 0.497 e. The number of benzene rings is 2. The molecule has 1 unspecified atom stereocenters. The minimum atomic E-state index is 0.0473. The van der Waals surface area contributed by atoms with E-state index >= 15 is 0 Å². The van der Waals surface area contributed by atoms with Gasteiger partial charge in [0.1, 0.15) is 5.75 Å². The van der Waals surface area contributed by atoms with Gasteiger partial charge in [-0.25, -0.2) is 0 Å². The molecule has 1 amide bonds. The van der Waals surface area contributed by atoms with E-state index in [4.69, 9.17) is 16.3 Å². The second-order valence-electron chi connectivity index (χ2n) is 7.74. The summed E-state index contributed by atoms with van der Waals surface area (Å²) in [4.78, 5) is 18.1. The Morgan fingerprint density at radius 2 is 2.17 bits per heavy atom. The van der Waals surface area contributed by atoms with Gasteiger partial charge in [0.25, 0.3) is 0 Å². The molecule has 1 atom stereocenters. The summed E-state index contributed by atoms with van der Waals surface area (Å²) in [6.45, 7) is 4.73. The van der Waals surface area contributed by atoms with Gasteiger partial charge in [-0.1, -0.05) is 17.7 Å². The van der Waals surface area contributed by atoms with Crippen molar-refractivity contribution in [1.82, 2.24) is 10.3 Å². The van der Waals surface area contributed by atoms with Gasteiger partial charge in [0.2, 0.25) is 5.91 Å². The molecule has 0 radical (unpaired) electrons. The monoisotopic (exact) mass is 411 g/mol. The first-order chi connectivity index (χ1) is 14.0. The van der Waals surface area contributed by atoms with E-state index in [1.165, 1.54) is 11.3 Å². The number of hydrogen-bond donors (Lipinski definition) is 2. The molecule has 1 aliphatic heterocycles. The first kappa shape index (κ1) is 19.6. The number of carbonyl (C=O) groups is 1. The second-order valence-corrected chi connectivity index (χ2v) is 8.17. The number of ether oxygens (including phenoxy) is 1. The van der Waals surface area contributed by atoms with Crippen molar-refractivity contribution in [2.45, 2.75) is 19.8 Å². The van der Waals surface area contributed by atoms with Crippen molar-refractivity contribution in [3.05, 3.63) is 58.7 Å². The zero-order valence-corrected chi connectivity index (χ0v) is 17.6. The highest BCUT2D eigenvalue weighted by molar-refractivity contribution is 6.30. The second kappa shape index (κ2) is 8.37. The zero-order valence-electron chi connectivity index (χ0n) is 16.8. The molecular weight excluding hydrogens is 386 g/mol. The lowest BCUT2D eigenvalue weighted by molar-refractivity contribution is -0.120. The van der Waals surface area contributed by atoms with E-state index in [1.807, 2.05) is 36.5 Å². The molecule has 1 aliphatic rings. The fourth-order valence-corrected chi connectivity index (χ4v) is 4.23. The van der Waals surface area contributed by atoms with E-state index in [0.29, 0.717) is 18.9 Å². The Kier molecular flexibility index (Phi) is 5.67. The van der Waals surface area contributed by atoms with Crippen molar-refractivity contribution in [2.24, 2.45) is 5.92 Å². The summed E-state index contributed by atoms with van der Waals surface area (Å²) in [6.07, 6.45) is 3.33. The summed E-state index contributed by atoms with van der Waals surface area (Å²) < 4.78 is 5.30. The van der Waals surface area contributed by atoms with Crippen LogP contribution < -0.4 is 15.0 Å². The van der Waals surface area contributed by atoms with Crippen molar-refractivity contribution in [2.75, 3.05) is 31.6 Å². The molecule has 1 saturated heterocycles. The molecule has 1 fully saturated rings. The van der Waals surface area contributed by atoms with Gasteiger partial charge in [-0.05, 0) is 60.7 Å². The molecule has 152 valence electrons. The van der Waals surface area contributed by atoms with Gasteiger partial charge in [-0.2, -0.15) is 0 Å². The van der Waals surface area contributed by atoms with Crippen LogP contribution in [0.3, 0.4) is 0 Å². The van der Waals surface area contributed by atoms with E-state index in [9.17, 15) is 4.79 Å². The number of nitrogens with one attached hydrogen (secondary N) is 2. The number of amides is 1. The predicted molar refractivity (Wildman–Crippen MR) is 118 cm³/mol. The van der Waals surface area contributed by atoms with Gasteiger partial charge >= 0.3 is 0 Å². The molecule has 2 aromatic carbocycles. The van der Waals surface area contributed by atoms with Crippen LogP contribution in [-0.4, -0.2) is 37.6 Å². The van der Waals surface area contributed by atoms with Crippen molar-refractivity contribution in [1.29, 1.82) is 0 Å². The fourth-order valence-electron chi connectivity index (χ4n) is 4.07. The van der Waals surface area contributed by atoms with Crippen LogP contribution in [0, 0.1) is 12.8 Å². The fraction of sp³-hybridized carbons (Fsp3) is 0.348. The smallest absolute Gasteiger partial charge is 0.224 e. The average molecular weight is 412 g/mol. The molecule has 0 saturated carbocycles. The minimum absolute atomic E-state index is 0.0473. The van der Waals surface area contributed by atoms with Gasteiger partial charge in [0.05, 0.1) is 13.5 Å². The molecule has 3 aromatic rings. The molecule has 0 spiro atoms. The molecule has 1 aromatic heterocycles. The van der Waals surface area contributed by atoms with Gasteiger partial charge in [0.15, 0.2) is 0 Å². The number of nitrogens with zero attached hydrogens (tertiary/aromatic N) is 1. The lowest BCUT2D eigenvalue weighted by atomic mass is 10.1. The van der Waals surface area contributed by atoms with Crippen molar-refractivity contribution < 1.29 is 9.53 Å². The number of carbonyl (C=O) groups excluding carboxylic acids is 1. The number of aryl methyl sites for hydroxylation is 1. The van der Waals surface area contributed by atoms with E-state index < -0.39 is 0 Å². The maximum atomic E-state index is 12.5. The Hall–Kier alpha value is -2.66. The van der Waals surface area contributed by atoms with Crippen LogP contribution >= 0.6 is 11.6 Å². The number of H-pyrrole nitrogens is 1. The number of aromatic amines is 1. The van der Waals surface area contributed by atoms with Crippen LogP contribution in [0.4, 0.5) is 5.69 Å². The van der Waals surface area contributed by atoms with Gasteiger partial charge in [-0.15, -0.1) is 0 Å². The van der Waals surface area contributed by atoms with E-state index in [-0.39, 0.29) is 5.91 Å². The topological polar surface area (TPSA) is 57.4 Å². The molecule has 4 rings (SSSR count). The number of anilines is 1. The zero-order chi connectivity index (χ0) is 20.4. The van der Waals surface area contributed by atoms with Gasteiger partial charge < -0.3 is 19.9 Å². The van der Waals surface area contributed by atoms with Crippen LogP contribution in [0.2, 0.25) is 5.02 Å². The Labute approximate surface area is 176 Å². The van der Waals surface area contributed by atoms with Crippen molar-refractivity contribution in [3.8, 4) is 5.75 Å². The number of rotatable bonds is 6. The minimum Gasteiger partial charge on any atom is -0.497 e. The van der Waals surface area contributed by atoms with E-state index in [1.54, 1.807) is 7.11 Å². The van der Waals surface area contributed by atoms with E-state index in [0.717, 1.165) is 46.7 Å². The van der Waals surface area contributed by atoms with E-state index in [2.05, 4.69) is 28.2 Å². The Bertz CT molecular complexity index is 1030. The summed E-state index contributed by atoms with van der Waals surface area (Å²) >= 11 is 6.17. The number of fused-ring (bicyclic) bond motifs is 1. The summed E-state index contributed by atoms with van der Waals surface area (Å²) in [5.41, 5.74) is 4.42. The average Bonchev–Trinajstić information content (AvgIpc) is 3.35.